The van der Waals surface area contributed by atoms with E-state index >= 15 is 0 Å². The Morgan fingerprint density at radius 2 is 1.77 bits per heavy atom. The van der Waals surface area contributed by atoms with Crippen molar-refractivity contribution < 1.29 is 9.90 Å². The summed E-state index contributed by atoms with van der Waals surface area (Å²) in [5.41, 5.74) is 6.78. The van der Waals surface area contributed by atoms with Crippen molar-refractivity contribution in [2.75, 3.05) is 37.7 Å². The van der Waals surface area contributed by atoms with Gasteiger partial charge in [0.2, 0.25) is 5.91 Å². The average Bonchev–Trinajstić information content (AvgIpc) is 2.60. The molecule has 0 saturated carbocycles. The van der Waals surface area contributed by atoms with Gasteiger partial charge in [0.1, 0.15) is 6.04 Å². The summed E-state index contributed by atoms with van der Waals surface area (Å²) in [5.74, 6) is -0.166. The fourth-order valence-corrected chi connectivity index (χ4v) is 2.87. The maximum atomic E-state index is 12.0. The van der Waals surface area contributed by atoms with E-state index in [0.29, 0.717) is 13.1 Å². The van der Waals surface area contributed by atoms with Crippen molar-refractivity contribution in [3.8, 4) is 0 Å². The van der Waals surface area contributed by atoms with Gasteiger partial charge in [0.15, 0.2) is 0 Å². The van der Waals surface area contributed by atoms with Crippen molar-refractivity contribution in [2.45, 2.75) is 6.04 Å². The second-order valence-corrected chi connectivity index (χ2v) is 5.63. The first-order valence-corrected chi connectivity index (χ1v) is 7.58. The van der Waals surface area contributed by atoms with Crippen molar-refractivity contribution in [1.29, 1.82) is 0 Å². The number of piperazine rings is 1. The fraction of sp³-hybridized carbons (Fsp3) is 0.353. The van der Waals surface area contributed by atoms with Crippen LogP contribution in [-0.2, 0) is 4.79 Å². The molecule has 3 rings (SSSR count). The molecule has 5 heteroatoms. The Kier molecular flexibility index (Phi) is 4.27. The molecule has 2 aromatic carbocycles. The number of hydrogen-bond acceptors (Lipinski definition) is 4. The highest BCUT2D eigenvalue weighted by Gasteiger charge is 2.24. The van der Waals surface area contributed by atoms with E-state index in [1.54, 1.807) is 4.90 Å². The molecule has 1 amide bonds. The third-order valence-corrected chi connectivity index (χ3v) is 4.20. The molecule has 22 heavy (non-hydrogen) atoms. The Morgan fingerprint density at radius 3 is 2.45 bits per heavy atom. The van der Waals surface area contributed by atoms with Gasteiger partial charge in [0.25, 0.3) is 0 Å². The van der Waals surface area contributed by atoms with Crippen LogP contribution in [0.15, 0.2) is 42.5 Å². The van der Waals surface area contributed by atoms with E-state index < -0.39 is 6.04 Å². The third kappa shape index (κ3) is 2.91. The van der Waals surface area contributed by atoms with E-state index in [0.717, 1.165) is 13.1 Å². The molecule has 0 bridgehead atoms. The summed E-state index contributed by atoms with van der Waals surface area (Å²) in [5, 5.41) is 11.4. The number of carbonyl (C=O) groups is 1. The van der Waals surface area contributed by atoms with E-state index in [4.69, 9.17) is 10.8 Å². The lowest BCUT2D eigenvalue weighted by Crippen LogP contribution is -2.54. The first-order chi connectivity index (χ1) is 10.7. The summed E-state index contributed by atoms with van der Waals surface area (Å²) in [7, 11) is 0. The number of fused-ring (bicyclic) bond motifs is 1. The SMILES string of the molecule is N[C@@H](CO)C(=O)N1CCN(c2ccc3ccccc3c2)CC1. The van der Waals surface area contributed by atoms with E-state index in [9.17, 15) is 4.79 Å². The number of nitrogens with zero attached hydrogens (tertiary/aromatic N) is 2. The number of anilines is 1. The largest absolute Gasteiger partial charge is 0.394 e. The second kappa shape index (κ2) is 6.34. The Hall–Kier alpha value is -2.11. The first kappa shape index (κ1) is 14.8. The van der Waals surface area contributed by atoms with Crippen LogP contribution in [-0.4, -0.2) is 54.7 Å². The first-order valence-electron chi connectivity index (χ1n) is 7.58. The van der Waals surface area contributed by atoms with Crippen LogP contribution in [0.4, 0.5) is 5.69 Å². The topological polar surface area (TPSA) is 69.8 Å². The van der Waals surface area contributed by atoms with Gasteiger partial charge in [-0.05, 0) is 22.9 Å². The minimum absolute atomic E-state index is 0.166. The zero-order valence-corrected chi connectivity index (χ0v) is 12.5. The summed E-state index contributed by atoms with van der Waals surface area (Å²) in [6.45, 7) is 2.53. The summed E-state index contributed by atoms with van der Waals surface area (Å²) < 4.78 is 0. The van der Waals surface area contributed by atoms with Crippen LogP contribution in [0.1, 0.15) is 0 Å². The van der Waals surface area contributed by atoms with Crippen LogP contribution in [0.25, 0.3) is 10.8 Å². The number of rotatable bonds is 3. The van der Waals surface area contributed by atoms with Crippen LogP contribution >= 0.6 is 0 Å². The number of nitrogens with two attached hydrogens (primary N) is 1. The van der Waals surface area contributed by atoms with Gasteiger partial charge in [0.05, 0.1) is 6.61 Å². The molecule has 1 atom stereocenters. The predicted octanol–water partition coefficient (Wildman–Crippen LogP) is 0.808. The molecule has 1 aliphatic heterocycles. The molecule has 116 valence electrons. The second-order valence-electron chi connectivity index (χ2n) is 5.63. The maximum Gasteiger partial charge on any atom is 0.241 e. The summed E-state index contributed by atoms with van der Waals surface area (Å²) >= 11 is 0. The predicted molar refractivity (Wildman–Crippen MR) is 87.8 cm³/mol. The van der Waals surface area contributed by atoms with E-state index in [1.807, 2.05) is 12.1 Å². The Morgan fingerprint density at radius 1 is 1.09 bits per heavy atom. The lowest BCUT2D eigenvalue weighted by Gasteiger charge is -2.37. The molecule has 1 fully saturated rings. The van der Waals surface area contributed by atoms with Crippen molar-refractivity contribution in [3.63, 3.8) is 0 Å². The lowest BCUT2D eigenvalue weighted by molar-refractivity contribution is -0.133. The van der Waals surface area contributed by atoms with E-state index in [1.165, 1.54) is 16.5 Å². The molecule has 1 heterocycles. The van der Waals surface area contributed by atoms with Gasteiger partial charge in [-0.3, -0.25) is 4.79 Å². The van der Waals surface area contributed by atoms with Crippen LogP contribution < -0.4 is 10.6 Å². The molecule has 0 unspecified atom stereocenters. The van der Waals surface area contributed by atoms with E-state index in [2.05, 4.69) is 35.2 Å². The highest BCUT2D eigenvalue weighted by molar-refractivity contribution is 5.86. The molecular weight excluding hydrogens is 278 g/mol. The molecular formula is C17H21N3O2. The Balaban J connectivity index is 1.68. The van der Waals surface area contributed by atoms with Crippen molar-refractivity contribution in [1.82, 2.24) is 4.90 Å². The Bertz CT molecular complexity index is 666. The minimum Gasteiger partial charge on any atom is -0.394 e. The molecule has 1 saturated heterocycles. The molecule has 3 N–H and O–H groups in total. The monoisotopic (exact) mass is 299 g/mol. The van der Waals surface area contributed by atoms with Gasteiger partial charge >= 0.3 is 0 Å². The van der Waals surface area contributed by atoms with Gasteiger partial charge in [-0.25, -0.2) is 0 Å². The normalized spacial score (nSPS) is 16.8. The van der Waals surface area contributed by atoms with Gasteiger partial charge < -0.3 is 20.6 Å². The van der Waals surface area contributed by atoms with Gasteiger partial charge in [-0.15, -0.1) is 0 Å². The standard InChI is InChI=1S/C17H21N3O2/c18-16(12-21)17(22)20-9-7-19(8-10-20)15-6-5-13-3-1-2-4-14(13)11-15/h1-6,11,16,21H,7-10,12,18H2/t16-/m0/s1. The number of aliphatic hydroxyl groups is 1. The molecule has 2 aromatic rings. The molecule has 0 radical (unpaired) electrons. The third-order valence-electron chi connectivity index (χ3n) is 4.20. The number of aliphatic hydroxyl groups excluding tert-OH is 1. The zero-order chi connectivity index (χ0) is 15.5. The zero-order valence-electron chi connectivity index (χ0n) is 12.5. The average molecular weight is 299 g/mol. The van der Waals surface area contributed by atoms with Crippen LogP contribution in [0.2, 0.25) is 0 Å². The van der Waals surface area contributed by atoms with Crippen molar-refractivity contribution >= 4 is 22.4 Å². The van der Waals surface area contributed by atoms with Crippen LogP contribution in [0, 0.1) is 0 Å². The van der Waals surface area contributed by atoms with Crippen LogP contribution in [0.3, 0.4) is 0 Å². The number of amides is 1. The van der Waals surface area contributed by atoms with Gasteiger partial charge in [0, 0.05) is 31.9 Å². The maximum absolute atomic E-state index is 12.0. The van der Waals surface area contributed by atoms with Crippen molar-refractivity contribution in [3.05, 3.63) is 42.5 Å². The Labute approximate surface area is 129 Å². The highest BCUT2D eigenvalue weighted by atomic mass is 16.3. The van der Waals surface area contributed by atoms with Crippen LogP contribution in [0.5, 0.6) is 0 Å². The molecule has 0 spiro atoms. The smallest absolute Gasteiger partial charge is 0.241 e. The quantitative estimate of drug-likeness (QED) is 0.880. The highest BCUT2D eigenvalue weighted by Crippen LogP contribution is 2.23. The minimum atomic E-state index is -0.799. The summed E-state index contributed by atoms with van der Waals surface area (Å²) in [6, 6.07) is 13.9. The van der Waals surface area contributed by atoms with E-state index in [-0.39, 0.29) is 12.5 Å². The number of hydrogen-bond donors (Lipinski definition) is 2. The summed E-state index contributed by atoms with van der Waals surface area (Å²) in [6.07, 6.45) is 0. The van der Waals surface area contributed by atoms with Gasteiger partial charge in [-0.1, -0.05) is 30.3 Å². The fourth-order valence-electron chi connectivity index (χ4n) is 2.87. The molecule has 0 aliphatic carbocycles. The summed E-state index contributed by atoms with van der Waals surface area (Å²) in [4.78, 5) is 16.0. The van der Waals surface area contributed by atoms with Crippen molar-refractivity contribution in [2.24, 2.45) is 5.73 Å². The molecule has 1 aliphatic rings. The molecule has 0 aromatic heterocycles. The number of carbonyl (C=O) groups excluding carboxylic acids is 1. The lowest BCUT2D eigenvalue weighted by atomic mass is 10.1. The number of benzene rings is 2. The molecule has 5 nitrogen and oxygen atoms in total. The van der Waals surface area contributed by atoms with Gasteiger partial charge in [-0.2, -0.15) is 0 Å².